The van der Waals surface area contributed by atoms with Gasteiger partial charge in [-0.3, -0.25) is 4.79 Å². The predicted octanol–water partition coefficient (Wildman–Crippen LogP) is 2.95. The van der Waals surface area contributed by atoms with Crippen LogP contribution in [0.5, 0.6) is 0 Å². The molecular formula is C16H30N2O. The first-order valence-corrected chi connectivity index (χ1v) is 8.19. The first-order valence-electron chi connectivity index (χ1n) is 8.19. The van der Waals surface area contributed by atoms with Crippen LogP contribution >= 0.6 is 0 Å². The van der Waals surface area contributed by atoms with E-state index in [0.717, 1.165) is 19.6 Å². The van der Waals surface area contributed by atoms with Gasteiger partial charge >= 0.3 is 0 Å². The largest absolute Gasteiger partial charge is 0.341 e. The Labute approximate surface area is 118 Å². The molecule has 0 spiro atoms. The highest BCUT2D eigenvalue weighted by molar-refractivity contribution is 5.81. The third kappa shape index (κ3) is 4.20. The molecule has 1 aliphatic heterocycles. The molecule has 0 radical (unpaired) electrons. The minimum absolute atomic E-state index is 0.00701. The molecular weight excluding hydrogens is 236 g/mol. The molecule has 1 saturated heterocycles. The fourth-order valence-corrected chi connectivity index (χ4v) is 3.24. The van der Waals surface area contributed by atoms with Crippen LogP contribution in [-0.4, -0.2) is 36.5 Å². The van der Waals surface area contributed by atoms with Crippen molar-refractivity contribution in [3.8, 4) is 0 Å². The first-order chi connectivity index (χ1) is 9.17. The maximum Gasteiger partial charge on any atom is 0.239 e. The predicted molar refractivity (Wildman–Crippen MR) is 79.1 cm³/mol. The summed E-state index contributed by atoms with van der Waals surface area (Å²) in [5.41, 5.74) is 0.530. The zero-order chi connectivity index (χ0) is 13.7. The van der Waals surface area contributed by atoms with Crippen LogP contribution in [0.4, 0.5) is 0 Å². The molecule has 1 heterocycles. The fourth-order valence-electron chi connectivity index (χ4n) is 3.24. The average molecular weight is 266 g/mol. The Morgan fingerprint density at radius 1 is 1.21 bits per heavy atom. The van der Waals surface area contributed by atoms with Crippen molar-refractivity contribution in [2.75, 3.05) is 19.6 Å². The number of nitrogens with zero attached hydrogens (tertiary/aromatic N) is 1. The molecule has 0 aromatic rings. The monoisotopic (exact) mass is 266 g/mol. The van der Waals surface area contributed by atoms with E-state index in [9.17, 15) is 4.79 Å². The van der Waals surface area contributed by atoms with Crippen molar-refractivity contribution in [2.45, 2.75) is 71.3 Å². The Morgan fingerprint density at radius 2 is 1.84 bits per heavy atom. The van der Waals surface area contributed by atoms with E-state index in [4.69, 9.17) is 0 Å². The van der Waals surface area contributed by atoms with E-state index >= 15 is 0 Å². The number of hydrogen-bond acceptors (Lipinski definition) is 2. The van der Waals surface area contributed by atoms with Crippen molar-refractivity contribution in [2.24, 2.45) is 5.41 Å². The van der Waals surface area contributed by atoms with Crippen LogP contribution in [0.25, 0.3) is 0 Å². The van der Waals surface area contributed by atoms with E-state index in [0.29, 0.717) is 11.3 Å². The molecule has 1 saturated carbocycles. The third-order valence-corrected chi connectivity index (χ3v) is 4.81. The maximum absolute atomic E-state index is 12.4. The molecule has 19 heavy (non-hydrogen) atoms. The maximum atomic E-state index is 12.4. The second-order valence-corrected chi connectivity index (χ2v) is 6.59. The van der Waals surface area contributed by atoms with E-state index in [-0.39, 0.29) is 6.04 Å². The van der Waals surface area contributed by atoms with Crippen molar-refractivity contribution < 1.29 is 4.79 Å². The highest BCUT2D eigenvalue weighted by atomic mass is 16.2. The Bertz CT molecular complexity index is 291. The first kappa shape index (κ1) is 14.8. The molecule has 1 N–H and O–H groups in total. The molecule has 0 aromatic carbocycles. The highest BCUT2D eigenvalue weighted by Crippen LogP contribution is 2.48. The number of carbonyl (C=O) groups is 1. The lowest BCUT2D eigenvalue weighted by molar-refractivity contribution is -0.133. The molecule has 1 aliphatic carbocycles. The van der Waals surface area contributed by atoms with Crippen LogP contribution in [0.1, 0.15) is 65.2 Å². The van der Waals surface area contributed by atoms with Crippen LogP contribution in [0.15, 0.2) is 0 Å². The minimum atomic E-state index is -0.00701. The van der Waals surface area contributed by atoms with E-state index in [1.807, 2.05) is 6.92 Å². The van der Waals surface area contributed by atoms with Crippen LogP contribution in [0.2, 0.25) is 0 Å². The van der Waals surface area contributed by atoms with Crippen molar-refractivity contribution in [1.82, 2.24) is 10.2 Å². The van der Waals surface area contributed by atoms with Gasteiger partial charge in [0.2, 0.25) is 5.91 Å². The van der Waals surface area contributed by atoms with E-state index in [2.05, 4.69) is 17.1 Å². The van der Waals surface area contributed by atoms with Gasteiger partial charge in [0.15, 0.2) is 0 Å². The van der Waals surface area contributed by atoms with Gasteiger partial charge in [-0.2, -0.15) is 0 Å². The van der Waals surface area contributed by atoms with Gasteiger partial charge < -0.3 is 10.2 Å². The second-order valence-electron chi connectivity index (χ2n) is 6.59. The van der Waals surface area contributed by atoms with Gasteiger partial charge in [0.05, 0.1) is 6.04 Å². The highest BCUT2D eigenvalue weighted by Gasteiger charge is 2.41. The van der Waals surface area contributed by atoms with Crippen LogP contribution in [0.3, 0.4) is 0 Å². The third-order valence-electron chi connectivity index (χ3n) is 4.81. The summed E-state index contributed by atoms with van der Waals surface area (Å²) in [5.74, 6) is 0.314. The Kier molecular flexibility index (Phi) is 5.26. The summed E-state index contributed by atoms with van der Waals surface area (Å²) in [6.45, 7) is 7.25. The lowest BCUT2D eigenvalue weighted by atomic mass is 10.0. The standard InChI is InChI=1S/C16H30N2O/c1-3-8-16(9-10-16)13-17-14(2)15(19)18-11-6-4-5-7-12-18/h14,17H,3-13H2,1-2H3. The number of rotatable bonds is 6. The van der Waals surface area contributed by atoms with Crippen molar-refractivity contribution in [3.05, 3.63) is 0 Å². The van der Waals surface area contributed by atoms with Gasteiger partial charge in [-0.15, -0.1) is 0 Å². The average Bonchev–Trinajstić information content (AvgIpc) is 3.19. The van der Waals surface area contributed by atoms with Gasteiger partial charge in [0, 0.05) is 19.6 Å². The molecule has 1 unspecified atom stereocenters. The molecule has 2 fully saturated rings. The summed E-state index contributed by atoms with van der Waals surface area (Å²) in [7, 11) is 0. The van der Waals surface area contributed by atoms with Crippen LogP contribution in [-0.2, 0) is 4.79 Å². The Morgan fingerprint density at radius 3 is 2.37 bits per heavy atom. The summed E-state index contributed by atoms with van der Waals surface area (Å²) in [6, 6.07) is -0.00701. The molecule has 1 amide bonds. The number of hydrogen-bond donors (Lipinski definition) is 1. The zero-order valence-electron chi connectivity index (χ0n) is 12.7. The molecule has 2 aliphatic rings. The van der Waals surface area contributed by atoms with Gasteiger partial charge in [0.25, 0.3) is 0 Å². The fraction of sp³-hybridized carbons (Fsp3) is 0.938. The summed E-state index contributed by atoms with van der Waals surface area (Å²) in [6.07, 6.45) is 10.2. The van der Waals surface area contributed by atoms with Crippen LogP contribution < -0.4 is 5.32 Å². The topological polar surface area (TPSA) is 32.3 Å². The molecule has 3 nitrogen and oxygen atoms in total. The summed E-state index contributed by atoms with van der Waals surface area (Å²) >= 11 is 0. The number of amides is 1. The molecule has 110 valence electrons. The van der Waals surface area contributed by atoms with Crippen molar-refractivity contribution in [1.29, 1.82) is 0 Å². The van der Waals surface area contributed by atoms with Gasteiger partial charge in [-0.05, 0) is 44.4 Å². The van der Waals surface area contributed by atoms with Gasteiger partial charge in [0.1, 0.15) is 0 Å². The van der Waals surface area contributed by atoms with E-state index in [1.165, 1.54) is 51.4 Å². The summed E-state index contributed by atoms with van der Waals surface area (Å²) in [4.78, 5) is 14.5. The molecule has 1 atom stereocenters. The van der Waals surface area contributed by atoms with Crippen molar-refractivity contribution >= 4 is 5.91 Å². The minimum Gasteiger partial charge on any atom is -0.341 e. The van der Waals surface area contributed by atoms with Crippen molar-refractivity contribution in [3.63, 3.8) is 0 Å². The Balaban J connectivity index is 1.75. The molecule has 2 rings (SSSR count). The SMILES string of the molecule is CCCC1(CNC(C)C(=O)N2CCCCCC2)CC1. The molecule has 3 heteroatoms. The van der Waals surface area contributed by atoms with Gasteiger partial charge in [-0.1, -0.05) is 26.2 Å². The molecule has 0 bridgehead atoms. The zero-order valence-corrected chi connectivity index (χ0v) is 12.7. The lowest BCUT2D eigenvalue weighted by Crippen LogP contribution is -2.46. The second kappa shape index (κ2) is 6.74. The lowest BCUT2D eigenvalue weighted by Gasteiger charge is -2.26. The van der Waals surface area contributed by atoms with E-state index in [1.54, 1.807) is 0 Å². The molecule has 0 aromatic heterocycles. The van der Waals surface area contributed by atoms with Gasteiger partial charge in [-0.25, -0.2) is 0 Å². The number of carbonyl (C=O) groups excluding carboxylic acids is 1. The van der Waals surface area contributed by atoms with Crippen LogP contribution in [0, 0.1) is 5.41 Å². The van der Waals surface area contributed by atoms with E-state index < -0.39 is 0 Å². The number of nitrogens with one attached hydrogen (secondary N) is 1. The normalized spacial score (nSPS) is 23.8. The Hall–Kier alpha value is -0.570. The summed E-state index contributed by atoms with van der Waals surface area (Å²) < 4.78 is 0. The smallest absolute Gasteiger partial charge is 0.239 e. The quantitative estimate of drug-likeness (QED) is 0.801. The number of likely N-dealkylation sites (tertiary alicyclic amines) is 1. The summed E-state index contributed by atoms with van der Waals surface area (Å²) in [5, 5.41) is 3.50.